The van der Waals surface area contributed by atoms with Crippen molar-refractivity contribution in [2.75, 3.05) is 11.9 Å². The molecule has 0 saturated heterocycles. The van der Waals surface area contributed by atoms with Crippen LogP contribution in [0.5, 0.6) is 0 Å². The van der Waals surface area contributed by atoms with Crippen LogP contribution in [0, 0.1) is 13.8 Å². The molecule has 0 aliphatic heterocycles. The summed E-state index contributed by atoms with van der Waals surface area (Å²) in [6, 6.07) is 10.6. The van der Waals surface area contributed by atoms with Crippen molar-refractivity contribution in [3.05, 3.63) is 62.6 Å². The van der Waals surface area contributed by atoms with Gasteiger partial charge in [-0.05, 0) is 54.8 Å². The van der Waals surface area contributed by atoms with Crippen LogP contribution in [-0.4, -0.2) is 18.5 Å². The molecule has 0 radical (unpaired) electrons. The second-order valence-corrected chi connectivity index (χ2v) is 6.65. The number of ether oxygens (including phenoxy) is 1. The summed E-state index contributed by atoms with van der Waals surface area (Å²) < 4.78 is 5.99. The third-order valence-electron chi connectivity index (χ3n) is 3.62. The van der Waals surface area contributed by atoms with E-state index in [9.17, 15) is 9.59 Å². The van der Waals surface area contributed by atoms with Crippen molar-refractivity contribution in [3.8, 4) is 0 Å². The first-order chi connectivity index (χ1) is 11.4. The maximum Gasteiger partial charge on any atom is 0.310 e. The minimum atomic E-state index is -0.462. The molecule has 1 N–H and O–H groups in total. The lowest BCUT2D eigenvalue weighted by Crippen LogP contribution is -2.22. The summed E-state index contributed by atoms with van der Waals surface area (Å²) in [6.07, 6.45) is 0.0981. The Labute approximate surface area is 154 Å². The van der Waals surface area contributed by atoms with Crippen LogP contribution in [0.15, 0.2) is 40.9 Å². The van der Waals surface area contributed by atoms with Gasteiger partial charge in [-0.3, -0.25) is 9.59 Å². The number of rotatable bonds is 5. The van der Waals surface area contributed by atoms with E-state index >= 15 is 0 Å². The van der Waals surface area contributed by atoms with E-state index in [1.54, 1.807) is 30.3 Å². The highest BCUT2D eigenvalue weighted by atomic mass is 79.9. The zero-order chi connectivity index (χ0) is 17.7. The second-order valence-electron chi connectivity index (χ2n) is 5.36. The normalized spacial score (nSPS) is 10.3. The Kier molecular flexibility index (Phi) is 6.40. The zero-order valence-electron chi connectivity index (χ0n) is 13.4. The summed E-state index contributed by atoms with van der Waals surface area (Å²) >= 11 is 9.23. The number of nitrogens with one attached hydrogen (secondary N) is 1. The van der Waals surface area contributed by atoms with Gasteiger partial charge >= 0.3 is 5.97 Å². The summed E-state index contributed by atoms with van der Waals surface area (Å²) in [4.78, 5) is 23.7. The minimum Gasteiger partial charge on any atom is -0.455 e. The molecule has 6 heteroatoms. The lowest BCUT2D eigenvalue weighted by atomic mass is 10.1. The Bertz CT molecular complexity index is 760. The molecule has 0 spiro atoms. The standard InChI is InChI=1S/C18H17BrClNO3/c1-11-12(2)16(8-7-15(11)19)21-17(22)10-24-18(23)9-13-3-5-14(20)6-4-13/h3-8H,9-10H2,1-2H3,(H,21,22). The average molecular weight is 411 g/mol. The highest BCUT2D eigenvalue weighted by Crippen LogP contribution is 2.25. The van der Waals surface area contributed by atoms with Crippen molar-refractivity contribution >= 4 is 45.1 Å². The molecule has 0 heterocycles. The molecular weight excluding hydrogens is 394 g/mol. The molecule has 24 heavy (non-hydrogen) atoms. The van der Waals surface area contributed by atoms with E-state index < -0.39 is 5.97 Å². The molecule has 4 nitrogen and oxygen atoms in total. The molecule has 2 aromatic rings. The van der Waals surface area contributed by atoms with E-state index in [0.717, 1.165) is 21.2 Å². The summed E-state index contributed by atoms with van der Waals surface area (Å²) in [5, 5.41) is 3.35. The Morgan fingerprint density at radius 2 is 1.75 bits per heavy atom. The van der Waals surface area contributed by atoms with Crippen molar-refractivity contribution in [1.82, 2.24) is 0 Å². The molecule has 0 saturated carbocycles. The average Bonchev–Trinajstić information content (AvgIpc) is 2.56. The first-order valence-electron chi connectivity index (χ1n) is 7.32. The van der Waals surface area contributed by atoms with Crippen molar-refractivity contribution in [1.29, 1.82) is 0 Å². The van der Waals surface area contributed by atoms with Gasteiger partial charge in [0.1, 0.15) is 0 Å². The lowest BCUT2D eigenvalue weighted by Gasteiger charge is -2.12. The number of halogens is 2. The number of hydrogen-bond acceptors (Lipinski definition) is 3. The molecule has 0 fully saturated rings. The van der Waals surface area contributed by atoms with Gasteiger partial charge in [-0.2, -0.15) is 0 Å². The summed E-state index contributed by atoms with van der Waals surface area (Å²) in [7, 11) is 0. The van der Waals surface area contributed by atoms with Gasteiger partial charge in [0.15, 0.2) is 6.61 Å². The number of hydrogen-bond donors (Lipinski definition) is 1. The van der Waals surface area contributed by atoms with Gasteiger partial charge in [-0.1, -0.05) is 39.7 Å². The Morgan fingerprint density at radius 3 is 2.42 bits per heavy atom. The molecule has 0 aromatic heterocycles. The zero-order valence-corrected chi connectivity index (χ0v) is 15.7. The Hall–Kier alpha value is -1.85. The third-order valence-corrected chi connectivity index (χ3v) is 4.73. The number of esters is 1. The number of carbonyl (C=O) groups excluding carboxylic acids is 2. The predicted molar refractivity (Wildman–Crippen MR) is 98.4 cm³/mol. The molecule has 2 rings (SSSR count). The van der Waals surface area contributed by atoms with Gasteiger partial charge in [0, 0.05) is 15.2 Å². The highest BCUT2D eigenvalue weighted by molar-refractivity contribution is 9.10. The van der Waals surface area contributed by atoms with E-state index in [1.807, 2.05) is 19.9 Å². The molecule has 0 unspecified atom stereocenters. The SMILES string of the molecule is Cc1c(Br)ccc(NC(=O)COC(=O)Cc2ccc(Cl)cc2)c1C. The molecule has 126 valence electrons. The molecule has 2 aromatic carbocycles. The van der Waals surface area contributed by atoms with E-state index in [2.05, 4.69) is 21.2 Å². The molecule has 1 amide bonds. The van der Waals surface area contributed by atoms with Gasteiger partial charge in [-0.15, -0.1) is 0 Å². The minimum absolute atomic E-state index is 0.0981. The first kappa shape index (κ1) is 18.5. The van der Waals surface area contributed by atoms with Crippen LogP contribution in [0.2, 0.25) is 5.02 Å². The fourth-order valence-corrected chi connectivity index (χ4v) is 2.63. The van der Waals surface area contributed by atoms with Gasteiger partial charge in [-0.25, -0.2) is 0 Å². The monoisotopic (exact) mass is 409 g/mol. The molecule has 0 atom stereocenters. The summed E-state index contributed by atoms with van der Waals surface area (Å²) in [5.41, 5.74) is 3.50. The van der Waals surface area contributed by atoms with Crippen LogP contribution in [-0.2, 0) is 20.7 Å². The number of benzene rings is 2. The first-order valence-corrected chi connectivity index (χ1v) is 8.49. The molecule has 0 bridgehead atoms. The maximum absolute atomic E-state index is 11.9. The predicted octanol–water partition coefficient (Wildman–Crippen LogP) is 4.44. The quantitative estimate of drug-likeness (QED) is 0.741. The lowest BCUT2D eigenvalue weighted by molar-refractivity contribution is -0.146. The molecule has 0 aliphatic carbocycles. The van der Waals surface area contributed by atoms with Gasteiger partial charge in [0.05, 0.1) is 6.42 Å². The van der Waals surface area contributed by atoms with Crippen LogP contribution in [0.3, 0.4) is 0 Å². The number of amides is 1. The second kappa shape index (κ2) is 8.31. The van der Waals surface area contributed by atoms with Gasteiger partial charge in [0.2, 0.25) is 0 Å². The Morgan fingerprint density at radius 1 is 1.08 bits per heavy atom. The van der Waals surface area contributed by atoms with Crippen LogP contribution in [0.25, 0.3) is 0 Å². The van der Waals surface area contributed by atoms with Crippen LogP contribution in [0.4, 0.5) is 5.69 Å². The van der Waals surface area contributed by atoms with Crippen LogP contribution in [0.1, 0.15) is 16.7 Å². The number of carbonyl (C=O) groups is 2. The van der Waals surface area contributed by atoms with E-state index in [-0.39, 0.29) is 18.9 Å². The summed E-state index contributed by atoms with van der Waals surface area (Å²) in [6.45, 7) is 3.56. The Balaban J connectivity index is 1.86. The van der Waals surface area contributed by atoms with E-state index in [1.165, 1.54) is 0 Å². The van der Waals surface area contributed by atoms with Crippen molar-refractivity contribution in [2.45, 2.75) is 20.3 Å². The smallest absolute Gasteiger partial charge is 0.310 e. The van der Waals surface area contributed by atoms with E-state index in [4.69, 9.17) is 16.3 Å². The third kappa shape index (κ3) is 5.08. The largest absolute Gasteiger partial charge is 0.455 e. The fourth-order valence-electron chi connectivity index (χ4n) is 2.08. The maximum atomic E-state index is 11.9. The van der Waals surface area contributed by atoms with Gasteiger partial charge in [0.25, 0.3) is 5.91 Å². The van der Waals surface area contributed by atoms with Crippen LogP contribution < -0.4 is 5.32 Å². The topological polar surface area (TPSA) is 55.4 Å². The number of anilines is 1. The highest BCUT2D eigenvalue weighted by Gasteiger charge is 2.11. The van der Waals surface area contributed by atoms with E-state index in [0.29, 0.717) is 10.7 Å². The molecule has 0 aliphatic rings. The molecular formula is C18H17BrClNO3. The summed E-state index contributed by atoms with van der Waals surface area (Å²) in [5.74, 6) is -0.833. The van der Waals surface area contributed by atoms with Crippen LogP contribution >= 0.6 is 27.5 Å². The van der Waals surface area contributed by atoms with Crippen molar-refractivity contribution in [2.24, 2.45) is 0 Å². The van der Waals surface area contributed by atoms with Crippen molar-refractivity contribution in [3.63, 3.8) is 0 Å². The fraction of sp³-hybridized carbons (Fsp3) is 0.222. The van der Waals surface area contributed by atoms with Gasteiger partial charge < -0.3 is 10.1 Å². The van der Waals surface area contributed by atoms with Crippen molar-refractivity contribution < 1.29 is 14.3 Å².